The van der Waals surface area contributed by atoms with Gasteiger partial charge >= 0.3 is 0 Å². The Labute approximate surface area is 94.5 Å². The molecule has 1 aromatic heterocycles. The van der Waals surface area contributed by atoms with Gasteiger partial charge in [0.2, 0.25) is 0 Å². The number of hydrogen-bond acceptors (Lipinski definition) is 3. The summed E-state index contributed by atoms with van der Waals surface area (Å²) in [5.74, 6) is 0.303. The van der Waals surface area contributed by atoms with Crippen molar-refractivity contribution >= 4 is 0 Å². The SMILES string of the molecule is Cn1ccc(CNCc2cccc(O)c2)n1. The van der Waals surface area contributed by atoms with Crippen LogP contribution < -0.4 is 5.32 Å². The van der Waals surface area contributed by atoms with Gasteiger partial charge in [0.1, 0.15) is 5.75 Å². The Hall–Kier alpha value is -1.81. The Morgan fingerprint density at radius 2 is 2.19 bits per heavy atom. The average molecular weight is 217 g/mol. The average Bonchev–Trinajstić information content (AvgIpc) is 2.64. The van der Waals surface area contributed by atoms with Crippen LogP contribution in [0.25, 0.3) is 0 Å². The fourth-order valence-corrected chi connectivity index (χ4v) is 1.56. The van der Waals surface area contributed by atoms with E-state index in [1.165, 1.54) is 0 Å². The fourth-order valence-electron chi connectivity index (χ4n) is 1.56. The number of aryl methyl sites for hydroxylation is 1. The van der Waals surface area contributed by atoms with Crippen LogP contribution in [0.15, 0.2) is 36.5 Å². The van der Waals surface area contributed by atoms with Crippen molar-refractivity contribution in [2.24, 2.45) is 7.05 Å². The van der Waals surface area contributed by atoms with Gasteiger partial charge in [-0.05, 0) is 23.8 Å². The minimum absolute atomic E-state index is 0.303. The topological polar surface area (TPSA) is 50.1 Å². The highest BCUT2D eigenvalue weighted by molar-refractivity contribution is 5.26. The summed E-state index contributed by atoms with van der Waals surface area (Å²) >= 11 is 0. The maximum absolute atomic E-state index is 9.29. The van der Waals surface area contributed by atoms with Crippen molar-refractivity contribution < 1.29 is 5.11 Å². The standard InChI is InChI=1S/C12H15N3O/c1-15-6-5-11(14-15)9-13-8-10-3-2-4-12(16)7-10/h2-7,13,16H,8-9H2,1H3. The van der Waals surface area contributed by atoms with Gasteiger partial charge < -0.3 is 10.4 Å². The van der Waals surface area contributed by atoms with Crippen LogP contribution >= 0.6 is 0 Å². The summed E-state index contributed by atoms with van der Waals surface area (Å²) in [5.41, 5.74) is 2.08. The summed E-state index contributed by atoms with van der Waals surface area (Å²) in [6.45, 7) is 1.46. The van der Waals surface area contributed by atoms with Crippen LogP contribution in [-0.2, 0) is 20.1 Å². The predicted octanol–water partition coefficient (Wildman–Crippen LogP) is 1.42. The molecular formula is C12H15N3O. The maximum Gasteiger partial charge on any atom is 0.115 e. The smallest absolute Gasteiger partial charge is 0.115 e. The van der Waals surface area contributed by atoms with Crippen molar-refractivity contribution in [3.63, 3.8) is 0 Å². The van der Waals surface area contributed by atoms with Gasteiger partial charge in [0.05, 0.1) is 5.69 Å². The quantitative estimate of drug-likeness (QED) is 0.814. The molecule has 2 rings (SSSR count). The molecule has 2 aromatic rings. The molecule has 0 aliphatic rings. The molecule has 0 unspecified atom stereocenters. The number of benzene rings is 1. The van der Waals surface area contributed by atoms with E-state index in [0.717, 1.165) is 24.3 Å². The van der Waals surface area contributed by atoms with E-state index in [0.29, 0.717) is 5.75 Å². The van der Waals surface area contributed by atoms with Gasteiger partial charge in [-0.2, -0.15) is 5.10 Å². The molecule has 0 atom stereocenters. The van der Waals surface area contributed by atoms with E-state index in [2.05, 4.69) is 10.4 Å². The van der Waals surface area contributed by atoms with E-state index in [-0.39, 0.29) is 0 Å². The van der Waals surface area contributed by atoms with Crippen LogP contribution in [0.2, 0.25) is 0 Å². The molecule has 1 heterocycles. The first-order valence-corrected chi connectivity index (χ1v) is 5.21. The third-order valence-electron chi connectivity index (χ3n) is 2.31. The first-order chi connectivity index (χ1) is 7.74. The highest BCUT2D eigenvalue weighted by Gasteiger charge is 1.97. The second-order valence-corrected chi connectivity index (χ2v) is 3.75. The third kappa shape index (κ3) is 2.84. The highest BCUT2D eigenvalue weighted by Crippen LogP contribution is 2.10. The van der Waals surface area contributed by atoms with Crippen LogP contribution in [0.1, 0.15) is 11.3 Å². The molecular weight excluding hydrogens is 202 g/mol. The monoisotopic (exact) mass is 217 g/mol. The number of aromatic nitrogens is 2. The lowest BCUT2D eigenvalue weighted by Crippen LogP contribution is -2.13. The van der Waals surface area contributed by atoms with Crippen molar-refractivity contribution in [2.45, 2.75) is 13.1 Å². The second-order valence-electron chi connectivity index (χ2n) is 3.75. The molecule has 0 radical (unpaired) electrons. The summed E-state index contributed by atoms with van der Waals surface area (Å²) in [7, 11) is 1.90. The minimum Gasteiger partial charge on any atom is -0.508 e. The molecule has 4 nitrogen and oxygen atoms in total. The zero-order valence-corrected chi connectivity index (χ0v) is 9.22. The van der Waals surface area contributed by atoms with Gasteiger partial charge in [-0.1, -0.05) is 12.1 Å². The van der Waals surface area contributed by atoms with Crippen LogP contribution in [0.4, 0.5) is 0 Å². The second kappa shape index (κ2) is 4.81. The number of hydrogen-bond donors (Lipinski definition) is 2. The molecule has 0 aliphatic carbocycles. The molecule has 0 saturated heterocycles. The molecule has 0 aliphatic heterocycles. The van der Waals surface area contributed by atoms with Crippen molar-refractivity contribution in [2.75, 3.05) is 0 Å². The Morgan fingerprint density at radius 3 is 2.88 bits per heavy atom. The molecule has 16 heavy (non-hydrogen) atoms. The number of nitrogens with one attached hydrogen (secondary N) is 1. The molecule has 84 valence electrons. The normalized spacial score (nSPS) is 10.6. The number of phenols is 1. The van der Waals surface area contributed by atoms with Crippen LogP contribution in [0.3, 0.4) is 0 Å². The summed E-state index contributed by atoms with van der Waals surface area (Å²) in [5, 5.41) is 16.8. The van der Waals surface area contributed by atoms with Gasteiger partial charge in [0.15, 0.2) is 0 Å². The lowest BCUT2D eigenvalue weighted by atomic mass is 10.2. The van der Waals surface area contributed by atoms with E-state index in [1.54, 1.807) is 16.8 Å². The van der Waals surface area contributed by atoms with E-state index in [9.17, 15) is 5.11 Å². The molecule has 1 aromatic carbocycles. The van der Waals surface area contributed by atoms with Gasteiger partial charge in [-0.3, -0.25) is 4.68 Å². The number of nitrogens with zero attached hydrogens (tertiary/aromatic N) is 2. The molecule has 0 amide bonds. The maximum atomic E-state index is 9.29. The third-order valence-corrected chi connectivity index (χ3v) is 2.31. The molecule has 2 N–H and O–H groups in total. The van der Waals surface area contributed by atoms with Crippen molar-refractivity contribution in [1.82, 2.24) is 15.1 Å². The Bertz CT molecular complexity index is 465. The zero-order valence-electron chi connectivity index (χ0n) is 9.22. The van der Waals surface area contributed by atoms with Crippen molar-refractivity contribution in [1.29, 1.82) is 0 Å². The van der Waals surface area contributed by atoms with Gasteiger partial charge in [0, 0.05) is 26.3 Å². The van der Waals surface area contributed by atoms with E-state index >= 15 is 0 Å². The summed E-state index contributed by atoms with van der Waals surface area (Å²) in [6, 6.07) is 9.22. The van der Waals surface area contributed by atoms with Gasteiger partial charge in [0.25, 0.3) is 0 Å². The van der Waals surface area contributed by atoms with Crippen molar-refractivity contribution in [3.8, 4) is 5.75 Å². The van der Waals surface area contributed by atoms with E-state index < -0.39 is 0 Å². The lowest BCUT2D eigenvalue weighted by Gasteiger charge is -2.03. The highest BCUT2D eigenvalue weighted by atomic mass is 16.3. The summed E-state index contributed by atoms with van der Waals surface area (Å²) < 4.78 is 1.78. The molecule has 0 bridgehead atoms. The predicted molar refractivity (Wildman–Crippen MR) is 61.9 cm³/mol. The largest absolute Gasteiger partial charge is 0.508 e. The molecule has 0 saturated carbocycles. The Kier molecular flexibility index (Phi) is 3.22. The van der Waals surface area contributed by atoms with Gasteiger partial charge in [-0.15, -0.1) is 0 Å². The summed E-state index contributed by atoms with van der Waals surface area (Å²) in [4.78, 5) is 0. The van der Waals surface area contributed by atoms with Gasteiger partial charge in [-0.25, -0.2) is 0 Å². The zero-order chi connectivity index (χ0) is 11.4. The van der Waals surface area contributed by atoms with Crippen LogP contribution in [-0.4, -0.2) is 14.9 Å². The number of aromatic hydroxyl groups is 1. The minimum atomic E-state index is 0.303. The molecule has 0 spiro atoms. The first-order valence-electron chi connectivity index (χ1n) is 5.21. The molecule has 0 fully saturated rings. The van der Waals surface area contributed by atoms with Crippen LogP contribution in [0, 0.1) is 0 Å². The van der Waals surface area contributed by atoms with E-state index in [1.807, 2.05) is 31.4 Å². The first kappa shape index (κ1) is 10.7. The number of phenolic OH excluding ortho intramolecular Hbond substituents is 1. The Morgan fingerprint density at radius 1 is 1.31 bits per heavy atom. The number of rotatable bonds is 4. The lowest BCUT2D eigenvalue weighted by molar-refractivity contribution is 0.474. The Balaban J connectivity index is 1.84. The molecule has 4 heteroatoms. The van der Waals surface area contributed by atoms with E-state index in [4.69, 9.17) is 0 Å². The van der Waals surface area contributed by atoms with Crippen LogP contribution in [0.5, 0.6) is 5.75 Å². The summed E-state index contributed by atoms with van der Waals surface area (Å²) in [6.07, 6.45) is 1.92. The fraction of sp³-hybridized carbons (Fsp3) is 0.250. The van der Waals surface area contributed by atoms with Crippen molar-refractivity contribution in [3.05, 3.63) is 47.8 Å².